The summed E-state index contributed by atoms with van der Waals surface area (Å²) in [6, 6.07) is 0. The summed E-state index contributed by atoms with van der Waals surface area (Å²) in [4.78, 5) is 0. The normalized spacial score (nSPS) is 18.8. The van der Waals surface area contributed by atoms with Gasteiger partial charge >= 0.3 is 48.3 Å². The van der Waals surface area contributed by atoms with Crippen LogP contribution < -0.4 is 0 Å². The molecule has 0 aliphatic rings. The summed E-state index contributed by atoms with van der Waals surface area (Å²) in [5.74, 6) is 0. The van der Waals surface area contributed by atoms with E-state index in [0.29, 0.717) is 0 Å². The summed E-state index contributed by atoms with van der Waals surface area (Å²) in [7, 11) is -7.98. The van der Waals surface area contributed by atoms with Gasteiger partial charge in [-0.1, -0.05) is 0 Å². The Labute approximate surface area is 49.5 Å². The first-order chi connectivity index (χ1) is 3.51. The van der Waals surface area contributed by atoms with Gasteiger partial charge in [0.25, 0.3) is 0 Å². The topological polar surface area (TPSA) is 0 Å². The van der Waals surface area contributed by atoms with Crippen molar-refractivity contribution in [2.75, 3.05) is 0 Å². The van der Waals surface area contributed by atoms with E-state index in [1.165, 1.54) is 0 Å². The fraction of sp³-hybridized carbons (Fsp3) is 1.00. The summed E-state index contributed by atoms with van der Waals surface area (Å²) in [6.45, 7) is 0.343. The predicted molar refractivity (Wildman–Crippen MR) is 26.5 cm³/mol. The molecule has 0 aliphatic carbocycles. The van der Waals surface area contributed by atoms with Gasteiger partial charge in [-0.2, -0.15) is 0 Å². The maximum absolute atomic E-state index is 11.8. The van der Waals surface area contributed by atoms with Crippen molar-refractivity contribution in [1.29, 1.82) is 0 Å². The van der Waals surface area contributed by atoms with E-state index >= 15 is 0 Å². The van der Waals surface area contributed by atoms with Crippen LogP contribution in [0.25, 0.3) is 0 Å². The van der Waals surface area contributed by atoms with Gasteiger partial charge in [0.1, 0.15) is 0 Å². The third-order valence-corrected chi connectivity index (χ3v) is 2.41. The molecule has 0 aromatic rings. The van der Waals surface area contributed by atoms with E-state index in [1.807, 2.05) is 0 Å². The SMILES string of the molecule is CC(C)(F)P(F)(F)(F)F. The molecule has 0 saturated carbocycles. The number of rotatable bonds is 1. The number of alkyl halides is 1. The van der Waals surface area contributed by atoms with Gasteiger partial charge in [-0.3, -0.25) is 0 Å². The molecule has 0 radical (unpaired) electrons. The Kier molecular flexibility index (Phi) is 1.58. The van der Waals surface area contributed by atoms with Crippen molar-refractivity contribution in [3.05, 3.63) is 0 Å². The average Bonchev–Trinajstić information content (AvgIpc) is 1.20. The Bertz CT molecular complexity index is 107. The van der Waals surface area contributed by atoms with E-state index in [0.717, 1.165) is 0 Å². The van der Waals surface area contributed by atoms with Crippen molar-refractivity contribution < 1.29 is 21.2 Å². The molecule has 0 heterocycles. The van der Waals surface area contributed by atoms with Gasteiger partial charge in [0.05, 0.1) is 0 Å². The van der Waals surface area contributed by atoms with Crippen molar-refractivity contribution in [2.24, 2.45) is 0 Å². The molecule has 0 bridgehead atoms. The first kappa shape index (κ1) is 9.08. The summed E-state index contributed by atoms with van der Waals surface area (Å²) < 4.78 is 57.2. The number of hydrogen-bond donors (Lipinski definition) is 0. The molecule has 0 saturated heterocycles. The quantitative estimate of drug-likeness (QED) is 0.412. The monoisotopic (exact) mass is 168 g/mol. The first-order valence-electron chi connectivity index (χ1n) is 2.09. The van der Waals surface area contributed by atoms with Crippen molar-refractivity contribution >= 4 is 7.85 Å². The fourth-order valence-electron chi connectivity index (χ4n) is 0. The van der Waals surface area contributed by atoms with E-state index in [9.17, 15) is 21.2 Å². The molecule has 0 fully saturated rings. The van der Waals surface area contributed by atoms with Crippen LogP contribution in [0.4, 0.5) is 21.2 Å². The van der Waals surface area contributed by atoms with Gasteiger partial charge in [-0.25, -0.2) is 0 Å². The van der Waals surface area contributed by atoms with E-state index in [1.54, 1.807) is 0 Å². The number of halogens is 5. The predicted octanol–water partition coefficient (Wildman–Crippen LogP) is 3.78. The Morgan fingerprint density at radius 1 is 1.00 bits per heavy atom. The van der Waals surface area contributed by atoms with Crippen LogP contribution in [0.1, 0.15) is 13.8 Å². The third kappa shape index (κ3) is 2.05. The van der Waals surface area contributed by atoms with Crippen LogP contribution in [0.2, 0.25) is 0 Å². The molecule has 0 nitrogen and oxygen atoms in total. The maximum atomic E-state index is 11.8. The van der Waals surface area contributed by atoms with Gasteiger partial charge in [0.2, 0.25) is 0 Å². The van der Waals surface area contributed by atoms with E-state index < -0.39 is 13.3 Å². The van der Waals surface area contributed by atoms with Crippen LogP contribution in [-0.2, 0) is 0 Å². The van der Waals surface area contributed by atoms with Gasteiger partial charge in [0, 0.05) is 0 Å². The van der Waals surface area contributed by atoms with Crippen LogP contribution in [-0.4, -0.2) is 5.41 Å². The Balaban J connectivity index is 4.56. The molecule has 0 aliphatic heterocycles. The first-order valence-corrected chi connectivity index (χ1v) is 3.89. The standard InChI is InChI=1S/C3H6F5P/c1-3(2,4)9(5,6,7)8/h1-2H3. The molecule has 0 amide bonds. The molecule has 0 unspecified atom stereocenters. The van der Waals surface area contributed by atoms with Crippen molar-refractivity contribution in [1.82, 2.24) is 0 Å². The molecule has 0 aromatic carbocycles. The molecule has 0 N–H and O–H groups in total. The minimum atomic E-state index is -7.98. The summed E-state index contributed by atoms with van der Waals surface area (Å²) in [5.41, 5.74) is 0. The molecule has 0 spiro atoms. The second-order valence-corrected chi connectivity index (χ2v) is 4.64. The van der Waals surface area contributed by atoms with Crippen molar-refractivity contribution in [3.63, 3.8) is 0 Å². The second-order valence-electron chi connectivity index (χ2n) is 2.13. The summed E-state index contributed by atoms with van der Waals surface area (Å²) in [6.07, 6.45) is 0. The Morgan fingerprint density at radius 2 is 1.11 bits per heavy atom. The third-order valence-electron chi connectivity index (χ3n) is 0.804. The summed E-state index contributed by atoms with van der Waals surface area (Å²) in [5, 5.41) is -3.66. The second kappa shape index (κ2) is 1.57. The van der Waals surface area contributed by atoms with Crippen LogP contribution in [0, 0.1) is 0 Å². The van der Waals surface area contributed by atoms with Crippen LogP contribution in [0.5, 0.6) is 0 Å². The molecule has 0 aromatic heterocycles. The Hall–Kier alpha value is 0.0800. The summed E-state index contributed by atoms with van der Waals surface area (Å²) >= 11 is 0. The fourth-order valence-corrected chi connectivity index (χ4v) is 0. The zero-order valence-electron chi connectivity index (χ0n) is 4.84. The van der Waals surface area contributed by atoms with E-state index in [-0.39, 0.29) is 13.8 Å². The van der Waals surface area contributed by atoms with Crippen molar-refractivity contribution in [3.8, 4) is 0 Å². The zero-order valence-corrected chi connectivity index (χ0v) is 5.73. The van der Waals surface area contributed by atoms with E-state index in [2.05, 4.69) is 0 Å². The van der Waals surface area contributed by atoms with Gasteiger partial charge < -0.3 is 0 Å². The number of hydrogen-bond acceptors (Lipinski definition) is 0. The molecule has 0 atom stereocenters. The van der Waals surface area contributed by atoms with Crippen LogP contribution in [0.3, 0.4) is 0 Å². The molecular formula is C3H6F5P. The Morgan fingerprint density at radius 3 is 1.11 bits per heavy atom. The molecular weight excluding hydrogens is 162 g/mol. The van der Waals surface area contributed by atoms with Crippen LogP contribution in [0.15, 0.2) is 0 Å². The molecule has 9 heavy (non-hydrogen) atoms. The molecule has 6 heteroatoms. The van der Waals surface area contributed by atoms with Gasteiger partial charge in [-0.15, -0.1) is 0 Å². The molecule has 58 valence electrons. The molecule has 0 rings (SSSR count). The van der Waals surface area contributed by atoms with Gasteiger partial charge in [-0.05, 0) is 0 Å². The average molecular weight is 168 g/mol. The van der Waals surface area contributed by atoms with Crippen LogP contribution >= 0.6 is 7.85 Å². The van der Waals surface area contributed by atoms with E-state index in [4.69, 9.17) is 0 Å². The minimum absolute atomic E-state index is 0.171. The zero-order chi connectivity index (χ0) is 7.95. The van der Waals surface area contributed by atoms with Gasteiger partial charge in [0.15, 0.2) is 0 Å². The van der Waals surface area contributed by atoms with Crippen molar-refractivity contribution in [2.45, 2.75) is 19.3 Å².